The number of nitrogens with one attached hydrogen (secondary N) is 1. The van der Waals surface area contributed by atoms with Crippen molar-refractivity contribution in [2.24, 2.45) is 0 Å². The maximum Gasteiger partial charge on any atom is 0.344 e. The van der Waals surface area contributed by atoms with Crippen LogP contribution in [-0.4, -0.2) is 12.7 Å². The van der Waals surface area contributed by atoms with Crippen LogP contribution < -0.4 is 20.4 Å². The summed E-state index contributed by atoms with van der Waals surface area (Å²) in [6.07, 6.45) is 0. The smallest absolute Gasteiger partial charge is 0.344 e. The minimum absolute atomic E-state index is 0.157. The largest absolute Gasteiger partial charge is 0.454 e. The third kappa shape index (κ3) is 3.18. The fraction of sp³-hybridized carbons (Fsp3) is 0.0833. The first kappa shape index (κ1) is 18.0. The zero-order chi connectivity index (χ0) is 20.7. The highest BCUT2D eigenvalue weighted by Gasteiger charge is 2.17. The number of hydrogen-bond donors (Lipinski definition) is 1. The van der Waals surface area contributed by atoms with Gasteiger partial charge in [0.15, 0.2) is 11.5 Å². The van der Waals surface area contributed by atoms with Gasteiger partial charge in [-0.1, -0.05) is 24.3 Å². The molecule has 30 heavy (non-hydrogen) atoms. The summed E-state index contributed by atoms with van der Waals surface area (Å²) in [6, 6.07) is 19.7. The molecule has 0 unspecified atom stereocenters. The molecule has 1 aromatic heterocycles. The van der Waals surface area contributed by atoms with Crippen LogP contribution in [0.1, 0.15) is 15.9 Å². The Morgan fingerprint density at radius 2 is 1.73 bits per heavy atom. The van der Waals surface area contributed by atoms with E-state index in [0.29, 0.717) is 33.9 Å². The molecular weight excluding hydrogens is 382 g/mol. The highest BCUT2D eigenvalue weighted by Crippen LogP contribution is 2.33. The Labute approximate surface area is 171 Å². The molecule has 0 aliphatic carbocycles. The average molecular weight is 399 g/mol. The fourth-order valence-electron chi connectivity index (χ4n) is 3.53. The van der Waals surface area contributed by atoms with Gasteiger partial charge in [0.2, 0.25) is 6.79 Å². The van der Waals surface area contributed by atoms with Crippen molar-refractivity contribution in [1.29, 1.82) is 0 Å². The van der Waals surface area contributed by atoms with E-state index >= 15 is 0 Å². The summed E-state index contributed by atoms with van der Waals surface area (Å²) in [5, 5.41) is 3.73. The first-order valence-corrected chi connectivity index (χ1v) is 9.43. The molecule has 1 N–H and O–H groups in total. The molecule has 6 nitrogen and oxygen atoms in total. The van der Waals surface area contributed by atoms with Crippen LogP contribution in [-0.2, 0) is 0 Å². The van der Waals surface area contributed by atoms with E-state index in [4.69, 9.17) is 13.9 Å². The summed E-state index contributed by atoms with van der Waals surface area (Å²) in [6.45, 7) is 2.05. The van der Waals surface area contributed by atoms with Crippen molar-refractivity contribution >= 4 is 22.6 Å². The maximum absolute atomic E-state index is 12.6. The molecule has 1 aliphatic rings. The van der Waals surface area contributed by atoms with Gasteiger partial charge in [-0.15, -0.1) is 0 Å². The van der Waals surface area contributed by atoms with Gasteiger partial charge >= 0.3 is 5.63 Å². The van der Waals surface area contributed by atoms with Gasteiger partial charge in [0.05, 0.1) is 5.56 Å². The third-order valence-electron chi connectivity index (χ3n) is 5.05. The van der Waals surface area contributed by atoms with Crippen LogP contribution >= 0.6 is 0 Å². The van der Waals surface area contributed by atoms with Crippen molar-refractivity contribution < 1.29 is 18.7 Å². The van der Waals surface area contributed by atoms with Gasteiger partial charge in [-0.2, -0.15) is 0 Å². The highest BCUT2D eigenvalue weighted by molar-refractivity contribution is 6.05. The van der Waals surface area contributed by atoms with Gasteiger partial charge in [0.1, 0.15) is 5.58 Å². The summed E-state index contributed by atoms with van der Waals surface area (Å²) in [7, 11) is 0. The summed E-state index contributed by atoms with van der Waals surface area (Å²) < 4.78 is 16.0. The van der Waals surface area contributed by atoms with Crippen LogP contribution in [0.5, 0.6) is 11.5 Å². The number of anilines is 1. The lowest BCUT2D eigenvalue weighted by atomic mass is 10.0. The minimum Gasteiger partial charge on any atom is -0.454 e. The number of aryl methyl sites for hydroxylation is 1. The first-order chi connectivity index (χ1) is 14.6. The van der Waals surface area contributed by atoms with Crippen LogP contribution in [0.25, 0.3) is 22.1 Å². The predicted molar refractivity (Wildman–Crippen MR) is 113 cm³/mol. The van der Waals surface area contributed by atoms with E-state index in [1.165, 1.54) is 0 Å². The number of hydrogen-bond acceptors (Lipinski definition) is 5. The Bertz CT molecular complexity index is 1360. The second-order valence-electron chi connectivity index (χ2n) is 7.04. The molecule has 0 spiro atoms. The first-order valence-electron chi connectivity index (χ1n) is 9.43. The molecule has 2 heterocycles. The average Bonchev–Trinajstić information content (AvgIpc) is 3.21. The highest BCUT2D eigenvalue weighted by atomic mass is 16.7. The molecule has 0 saturated carbocycles. The van der Waals surface area contributed by atoms with Crippen molar-refractivity contribution in [3.63, 3.8) is 0 Å². The van der Waals surface area contributed by atoms with E-state index in [-0.39, 0.29) is 12.7 Å². The standard InChI is InChI=1S/C24H17NO5/c1-14-10-17(25-23(26)16-6-9-21-22(12-16)29-13-28-21)7-8-18(14)19-11-15-4-2-3-5-20(15)30-24(19)27/h2-12H,13H2,1H3,(H,25,26). The van der Waals surface area contributed by atoms with E-state index in [9.17, 15) is 9.59 Å². The lowest BCUT2D eigenvalue weighted by molar-refractivity contribution is 0.102. The van der Waals surface area contributed by atoms with Crippen molar-refractivity contribution in [3.05, 3.63) is 88.3 Å². The summed E-state index contributed by atoms with van der Waals surface area (Å²) in [4.78, 5) is 25.1. The molecule has 3 aromatic carbocycles. The minimum atomic E-state index is -0.394. The number of para-hydroxylation sites is 1. The Morgan fingerprint density at radius 1 is 0.900 bits per heavy atom. The second-order valence-corrected chi connectivity index (χ2v) is 7.04. The zero-order valence-electron chi connectivity index (χ0n) is 16.1. The molecule has 148 valence electrons. The quantitative estimate of drug-likeness (QED) is 0.503. The lowest BCUT2D eigenvalue weighted by Gasteiger charge is -2.10. The van der Waals surface area contributed by atoms with Crippen molar-refractivity contribution in [1.82, 2.24) is 0 Å². The van der Waals surface area contributed by atoms with Crippen molar-refractivity contribution in [3.8, 4) is 22.6 Å². The molecule has 0 saturated heterocycles. The number of rotatable bonds is 3. The molecule has 0 bridgehead atoms. The fourth-order valence-corrected chi connectivity index (χ4v) is 3.53. The topological polar surface area (TPSA) is 77.8 Å². The predicted octanol–water partition coefficient (Wildman–Crippen LogP) is 4.75. The molecule has 1 amide bonds. The Morgan fingerprint density at radius 3 is 2.60 bits per heavy atom. The van der Waals surface area contributed by atoms with Gasteiger partial charge in [0, 0.05) is 16.6 Å². The van der Waals surface area contributed by atoms with Crippen LogP contribution in [0.2, 0.25) is 0 Å². The Balaban J connectivity index is 1.43. The number of fused-ring (bicyclic) bond motifs is 2. The summed E-state index contributed by atoms with van der Waals surface area (Å²) in [5.41, 5.74) is 3.35. The summed E-state index contributed by atoms with van der Waals surface area (Å²) >= 11 is 0. The molecule has 0 fully saturated rings. The number of ether oxygens (including phenoxy) is 2. The Kier molecular flexibility index (Phi) is 4.25. The van der Waals surface area contributed by atoms with Crippen LogP contribution in [0.15, 0.2) is 75.9 Å². The van der Waals surface area contributed by atoms with Gasteiger partial charge in [-0.25, -0.2) is 4.79 Å². The van der Waals surface area contributed by atoms with Crippen LogP contribution in [0.4, 0.5) is 5.69 Å². The van der Waals surface area contributed by atoms with Crippen molar-refractivity contribution in [2.75, 3.05) is 12.1 Å². The number of carbonyl (C=O) groups excluding carboxylic acids is 1. The van der Waals surface area contributed by atoms with E-state index < -0.39 is 5.63 Å². The van der Waals surface area contributed by atoms with Gasteiger partial charge in [-0.05, 0) is 60.5 Å². The Hall–Kier alpha value is -4.06. The van der Waals surface area contributed by atoms with E-state index in [2.05, 4.69) is 5.32 Å². The molecule has 1 aliphatic heterocycles. The zero-order valence-corrected chi connectivity index (χ0v) is 16.1. The molecule has 4 aromatic rings. The third-order valence-corrected chi connectivity index (χ3v) is 5.05. The monoisotopic (exact) mass is 399 g/mol. The lowest BCUT2D eigenvalue weighted by Crippen LogP contribution is -2.12. The normalized spacial score (nSPS) is 12.2. The summed E-state index contributed by atoms with van der Waals surface area (Å²) in [5.74, 6) is 0.920. The van der Waals surface area contributed by atoms with Gasteiger partial charge in [0.25, 0.3) is 5.91 Å². The maximum atomic E-state index is 12.6. The SMILES string of the molecule is Cc1cc(NC(=O)c2ccc3c(c2)OCO3)ccc1-c1cc2ccccc2oc1=O. The van der Waals surface area contributed by atoms with Crippen LogP contribution in [0, 0.1) is 6.92 Å². The van der Waals surface area contributed by atoms with Gasteiger partial charge in [-0.3, -0.25) is 4.79 Å². The van der Waals surface area contributed by atoms with E-state index in [0.717, 1.165) is 16.5 Å². The van der Waals surface area contributed by atoms with Crippen molar-refractivity contribution in [2.45, 2.75) is 6.92 Å². The van der Waals surface area contributed by atoms with E-state index in [1.807, 2.05) is 43.3 Å². The molecule has 0 atom stereocenters. The molecule has 6 heteroatoms. The molecule has 5 rings (SSSR count). The second kappa shape index (κ2) is 7.08. The number of benzene rings is 3. The number of carbonyl (C=O) groups is 1. The number of amides is 1. The van der Waals surface area contributed by atoms with Crippen LogP contribution in [0.3, 0.4) is 0 Å². The van der Waals surface area contributed by atoms with E-state index in [1.54, 1.807) is 30.3 Å². The molecule has 0 radical (unpaired) electrons. The molecular formula is C24H17NO5. The van der Waals surface area contributed by atoms with Gasteiger partial charge < -0.3 is 19.2 Å².